The van der Waals surface area contributed by atoms with Crippen molar-refractivity contribution in [1.29, 1.82) is 0 Å². The lowest BCUT2D eigenvalue weighted by molar-refractivity contribution is 0.102. The number of aromatic nitrogens is 6. The smallest absolute Gasteiger partial charge is 0.277 e. The summed E-state index contributed by atoms with van der Waals surface area (Å²) in [4.78, 5) is 21.3. The number of hydrogen-bond acceptors (Lipinski definition) is 5. The summed E-state index contributed by atoms with van der Waals surface area (Å²) in [6, 6.07) is 11.0. The molecular weight excluding hydrogens is 385 g/mol. The lowest BCUT2D eigenvalue weighted by atomic mass is 9.92. The number of carbonyl (C=O) groups excluding carboxylic acids is 1. The van der Waals surface area contributed by atoms with E-state index in [1.165, 1.54) is 21.5 Å². The molecule has 1 N–H and O–H groups in total. The monoisotopic (exact) mass is 405 g/mol. The van der Waals surface area contributed by atoms with Gasteiger partial charge >= 0.3 is 0 Å². The van der Waals surface area contributed by atoms with Crippen molar-refractivity contribution in [2.45, 2.75) is 26.2 Å². The van der Waals surface area contributed by atoms with Crippen molar-refractivity contribution in [3.05, 3.63) is 78.3 Å². The fraction of sp³-hybridized carbons (Fsp3) is 0.190. The molecule has 0 aliphatic rings. The Morgan fingerprint density at radius 3 is 2.50 bits per heavy atom. The van der Waals surface area contributed by atoms with Gasteiger partial charge in [0.05, 0.1) is 11.4 Å². The summed E-state index contributed by atoms with van der Waals surface area (Å²) in [7, 11) is 0. The Labute approximate surface area is 172 Å². The van der Waals surface area contributed by atoms with Crippen LogP contribution in [-0.2, 0) is 5.41 Å². The molecule has 1 aromatic carbocycles. The maximum absolute atomic E-state index is 13.5. The highest BCUT2D eigenvalue weighted by molar-refractivity contribution is 6.02. The first-order valence-electron chi connectivity index (χ1n) is 9.32. The highest BCUT2D eigenvalue weighted by Crippen LogP contribution is 2.25. The molecule has 152 valence electrons. The molecule has 3 heterocycles. The third kappa shape index (κ3) is 3.95. The van der Waals surface area contributed by atoms with Crippen molar-refractivity contribution >= 4 is 11.7 Å². The van der Waals surface area contributed by atoms with Crippen LogP contribution in [0.2, 0.25) is 0 Å². The molecule has 9 heteroatoms. The average molecular weight is 405 g/mol. The molecule has 3 aromatic heterocycles. The van der Waals surface area contributed by atoms with E-state index in [4.69, 9.17) is 0 Å². The first kappa shape index (κ1) is 19.4. The summed E-state index contributed by atoms with van der Waals surface area (Å²) in [5.74, 6) is -0.0387. The van der Waals surface area contributed by atoms with Crippen LogP contribution < -0.4 is 5.32 Å². The lowest BCUT2D eigenvalue weighted by Gasteiger charge is -2.13. The van der Waals surface area contributed by atoms with Gasteiger partial charge in [0.15, 0.2) is 5.69 Å². The fourth-order valence-corrected chi connectivity index (χ4v) is 2.78. The van der Waals surface area contributed by atoms with Gasteiger partial charge in [0, 0.05) is 30.1 Å². The number of rotatable bonds is 4. The Balaban J connectivity index is 1.64. The molecule has 0 aliphatic carbocycles. The molecule has 0 saturated carbocycles. The number of halogens is 1. The zero-order valence-electron chi connectivity index (χ0n) is 16.7. The molecule has 0 atom stereocenters. The van der Waals surface area contributed by atoms with Gasteiger partial charge < -0.3 is 5.32 Å². The highest BCUT2D eigenvalue weighted by Gasteiger charge is 2.23. The van der Waals surface area contributed by atoms with Crippen LogP contribution in [0.25, 0.3) is 11.6 Å². The molecule has 0 spiro atoms. The fourth-order valence-electron chi connectivity index (χ4n) is 2.78. The van der Waals surface area contributed by atoms with Gasteiger partial charge in [-0.2, -0.15) is 14.9 Å². The van der Waals surface area contributed by atoms with E-state index in [9.17, 15) is 9.18 Å². The van der Waals surface area contributed by atoms with Gasteiger partial charge in [0.1, 0.15) is 11.6 Å². The number of benzene rings is 1. The molecule has 8 nitrogen and oxygen atoms in total. The Bertz CT molecular complexity index is 1190. The molecule has 1 amide bonds. The van der Waals surface area contributed by atoms with Gasteiger partial charge in [-0.25, -0.2) is 19.0 Å². The number of nitrogens with zero attached hydrogens (tertiary/aromatic N) is 6. The standard InChI is InChI=1S/C21H20FN7O/c1-21(2,3)17-13-18(29(27-17)20-23-9-5-10-24-20)25-19(30)16-8-11-28(26-16)15-7-4-6-14(22)12-15/h4-13H,1-3H3,(H,25,30). The number of anilines is 1. The molecule has 4 rings (SSSR count). The van der Waals surface area contributed by atoms with Crippen LogP contribution in [-0.4, -0.2) is 35.4 Å². The molecular formula is C21H20FN7O. The van der Waals surface area contributed by atoms with E-state index < -0.39 is 5.91 Å². The van der Waals surface area contributed by atoms with Gasteiger partial charge in [-0.15, -0.1) is 0 Å². The van der Waals surface area contributed by atoms with Crippen molar-refractivity contribution in [3.8, 4) is 11.6 Å². The van der Waals surface area contributed by atoms with Crippen LogP contribution in [0.15, 0.2) is 61.1 Å². The minimum Gasteiger partial charge on any atom is -0.305 e. The number of carbonyl (C=O) groups is 1. The summed E-state index contributed by atoms with van der Waals surface area (Å²) in [6.45, 7) is 6.08. The average Bonchev–Trinajstić information content (AvgIpc) is 3.36. The van der Waals surface area contributed by atoms with E-state index >= 15 is 0 Å². The topological polar surface area (TPSA) is 90.5 Å². The zero-order chi connectivity index (χ0) is 21.3. The maximum atomic E-state index is 13.5. The number of amides is 1. The van der Waals surface area contributed by atoms with Crippen LogP contribution in [0.1, 0.15) is 37.0 Å². The first-order valence-corrected chi connectivity index (χ1v) is 9.32. The van der Waals surface area contributed by atoms with Crippen molar-refractivity contribution in [2.75, 3.05) is 5.32 Å². The number of nitrogens with one attached hydrogen (secondary N) is 1. The van der Waals surface area contributed by atoms with E-state index in [0.29, 0.717) is 17.5 Å². The summed E-state index contributed by atoms with van der Waals surface area (Å²) in [5.41, 5.74) is 1.24. The SMILES string of the molecule is CC(C)(C)c1cc(NC(=O)c2ccn(-c3cccc(F)c3)n2)n(-c2ncccn2)n1. The Morgan fingerprint density at radius 2 is 1.80 bits per heavy atom. The molecule has 0 fully saturated rings. The van der Waals surface area contributed by atoms with Crippen LogP contribution in [0.4, 0.5) is 10.2 Å². The van der Waals surface area contributed by atoms with Gasteiger partial charge in [-0.1, -0.05) is 26.8 Å². The Hall–Kier alpha value is -3.88. The van der Waals surface area contributed by atoms with Crippen LogP contribution in [0.3, 0.4) is 0 Å². The Kier molecular flexibility index (Phi) is 4.86. The molecule has 0 saturated heterocycles. The van der Waals surface area contributed by atoms with Gasteiger partial charge in [-0.3, -0.25) is 4.79 Å². The van der Waals surface area contributed by atoms with Crippen molar-refractivity contribution in [2.24, 2.45) is 0 Å². The number of hydrogen-bond donors (Lipinski definition) is 1. The molecule has 0 unspecified atom stereocenters. The summed E-state index contributed by atoms with van der Waals surface area (Å²) in [6.07, 6.45) is 4.81. The van der Waals surface area contributed by atoms with Crippen LogP contribution in [0, 0.1) is 5.82 Å². The summed E-state index contributed by atoms with van der Waals surface area (Å²) in [5, 5.41) is 11.6. The lowest BCUT2D eigenvalue weighted by Crippen LogP contribution is -2.17. The predicted molar refractivity (Wildman–Crippen MR) is 109 cm³/mol. The van der Waals surface area contributed by atoms with Gasteiger partial charge in [0.2, 0.25) is 0 Å². The second-order valence-electron chi connectivity index (χ2n) is 7.70. The van der Waals surface area contributed by atoms with Crippen molar-refractivity contribution < 1.29 is 9.18 Å². The minimum absolute atomic E-state index is 0.179. The molecule has 0 radical (unpaired) electrons. The molecule has 0 bridgehead atoms. The highest BCUT2D eigenvalue weighted by atomic mass is 19.1. The van der Waals surface area contributed by atoms with Crippen LogP contribution >= 0.6 is 0 Å². The third-order valence-electron chi connectivity index (χ3n) is 4.36. The summed E-state index contributed by atoms with van der Waals surface area (Å²) < 4.78 is 16.4. The van der Waals surface area contributed by atoms with E-state index in [0.717, 1.165) is 5.69 Å². The second kappa shape index (κ2) is 7.51. The minimum atomic E-state index is -0.428. The quantitative estimate of drug-likeness (QED) is 0.561. The van der Waals surface area contributed by atoms with Gasteiger partial charge in [-0.05, 0) is 30.3 Å². The van der Waals surface area contributed by atoms with E-state index in [-0.39, 0.29) is 16.9 Å². The van der Waals surface area contributed by atoms with E-state index in [1.807, 2.05) is 20.8 Å². The third-order valence-corrected chi connectivity index (χ3v) is 4.36. The second-order valence-corrected chi connectivity index (χ2v) is 7.70. The Morgan fingerprint density at radius 1 is 1.03 bits per heavy atom. The van der Waals surface area contributed by atoms with E-state index in [2.05, 4.69) is 25.5 Å². The van der Waals surface area contributed by atoms with Crippen molar-refractivity contribution in [1.82, 2.24) is 29.5 Å². The maximum Gasteiger partial charge on any atom is 0.277 e. The molecule has 4 aromatic rings. The largest absolute Gasteiger partial charge is 0.305 e. The molecule has 30 heavy (non-hydrogen) atoms. The summed E-state index contributed by atoms with van der Waals surface area (Å²) >= 11 is 0. The van der Waals surface area contributed by atoms with Crippen LogP contribution in [0.5, 0.6) is 0 Å². The normalized spacial score (nSPS) is 11.5. The van der Waals surface area contributed by atoms with E-state index in [1.54, 1.807) is 48.9 Å². The van der Waals surface area contributed by atoms with Crippen molar-refractivity contribution in [3.63, 3.8) is 0 Å². The first-order chi connectivity index (χ1) is 14.3. The van der Waals surface area contributed by atoms with Gasteiger partial charge in [0.25, 0.3) is 11.9 Å². The molecule has 0 aliphatic heterocycles. The predicted octanol–water partition coefficient (Wildman–Crippen LogP) is 3.54. The zero-order valence-corrected chi connectivity index (χ0v) is 16.7.